The lowest BCUT2D eigenvalue weighted by molar-refractivity contribution is -0.385. The molecule has 0 saturated carbocycles. The van der Waals surface area contributed by atoms with Crippen molar-refractivity contribution in [2.45, 2.75) is 4.90 Å². The number of nitro benzene ring substituents is 1. The molecule has 0 unspecified atom stereocenters. The number of ether oxygens (including phenoxy) is 1. The molecule has 0 radical (unpaired) electrons. The summed E-state index contributed by atoms with van der Waals surface area (Å²) in [6, 6.07) is 9.19. The van der Waals surface area contributed by atoms with Gasteiger partial charge < -0.3 is 9.84 Å². The molecule has 0 bridgehead atoms. The summed E-state index contributed by atoms with van der Waals surface area (Å²) in [5, 5.41) is 25.0. The molecule has 23 heavy (non-hydrogen) atoms. The number of hydrogen-bond donors (Lipinski definition) is 2. The molecule has 0 fully saturated rings. The Morgan fingerprint density at radius 3 is 2.30 bits per heavy atom. The summed E-state index contributed by atoms with van der Waals surface area (Å²) in [7, 11) is -4.36. The van der Waals surface area contributed by atoms with Crippen LogP contribution in [0.1, 0.15) is 10.4 Å². The molecule has 120 valence electrons. The van der Waals surface area contributed by atoms with E-state index in [1.807, 2.05) is 0 Å². The Bertz CT molecular complexity index is 879. The number of primary sulfonamides is 1. The lowest BCUT2D eigenvalue weighted by atomic mass is 10.1. The van der Waals surface area contributed by atoms with Gasteiger partial charge >= 0.3 is 5.97 Å². The smallest absolute Gasteiger partial charge is 0.342 e. The zero-order valence-corrected chi connectivity index (χ0v) is 12.2. The number of carboxylic acids is 1. The summed E-state index contributed by atoms with van der Waals surface area (Å²) < 4.78 is 28.6. The van der Waals surface area contributed by atoms with Crippen molar-refractivity contribution in [3.8, 4) is 11.5 Å². The van der Waals surface area contributed by atoms with Gasteiger partial charge in [0, 0.05) is 0 Å². The molecule has 2 aromatic carbocycles. The number of hydrogen-bond acceptors (Lipinski definition) is 6. The molecule has 0 aromatic heterocycles. The fraction of sp³-hybridized carbons (Fsp3) is 0. The highest BCUT2D eigenvalue weighted by atomic mass is 32.2. The average molecular weight is 338 g/mol. The molecule has 0 heterocycles. The fourth-order valence-corrected chi connectivity index (χ4v) is 2.45. The minimum atomic E-state index is -4.36. The van der Waals surface area contributed by atoms with Crippen molar-refractivity contribution in [3.05, 3.63) is 58.1 Å². The third-order valence-electron chi connectivity index (χ3n) is 2.77. The van der Waals surface area contributed by atoms with Crippen LogP contribution in [0.5, 0.6) is 11.5 Å². The maximum atomic E-state index is 11.6. The third kappa shape index (κ3) is 3.62. The maximum absolute atomic E-state index is 11.6. The molecular weight excluding hydrogens is 328 g/mol. The summed E-state index contributed by atoms with van der Waals surface area (Å²) in [5.41, 5.74) is -1.62. The van der Waals surface area contributed by atoms with Crippen LogP contribution in [0.2, 0.25) is 0 Å². The van der Waals surface area contributed by atoms with Crippen molar-refractivity contribution in [3.63, 3.8) is 0 Å². The van der Waals surface area contributed by atoms with Crippen LogP contribution in [0.15, 0.2) is 47.4 Å². The Labute approximate surface area is 130 Å². The zero-order valence-electron chi connectivity index (χ0n) is 11.4. The minimum absolute atomic E-state index is 0.203. The normalized spacial score (nSPS) is 11.0. The molecule has 2 rings (SSSR count). The number of benzene rings is 2. The van der Waals surface area contributed by atoms with Crippen molar-refractivity contribution in [1.82, 2.24) is 0 Å². The quantitative estimate of drug-likeness (QED) is 0.622. The van der Waals surface area contributed by atoms with Gasteiger partial charge in [-0.25, -0.2) is 18.4 Å². The molecule has 9 nitrogen and oxygen atoms in total. The highest BCUT2D eigenvalue weighted by molar-refractivity contribution is 7.89. The number of rotatable bonds is 5. The molecule has 0 atom stereocenters. The standard InChI is InChI=1S/C13H10N2O7S/c14-23(20,21)12-6-9(13(16)17)10(15(18)19)7-11(12)22-8-4-2-1-3-5-8/h1-7H,(H,16,17)(H2,14,20,21). The van der Waals surface area contributed by atoms with E-state index < -0.39 is 42.8 Å². The van der Waals surface area contributed by atoms with Gasteiger partial charge in [-0.2, -0.15) is 0 Å². The van der Waals surface area contributed by atoms with Crippen LogP contribution in [0.4, 0.5) is 5.69 Å². The maximum Gasteiger partial charge on any atom is 0.342 e. The number of nitro groups is 1. The van der Waals surface area contributed by atoms with Gasteiger partial charge in [0.1, 0.15) is 16.2 Å². The minimum Gasteiger partial charge on any atom is -0.477 e. The summed E-state index contributed by atoms with van der Waals surface area (Å²) in [6.07, 6.45) is 0. The van der Waals surface area contributed by atoms with Gasteiger partial charge in [0.25, 0.3) is 5.69 Å². The summed E-state index contributed by atoms with van der Waals surface area (Å²) in [5.74, 6) is -1.89. The Hall–Kier alpha value is -2.98. The van der Waals surface area contributed by atoms with Gasteiger partial charge in [0.2, 0.25) is 10.0 Å². The van der Waals surface area contributed by atoms with E-state index in [9.17, 15) is 23.3 Å². The summed E-state index contributed by atoms with van der Waals surface area (Å²) in [6.45, 7) is 0. The van der Waals surface area contributed by atoms with E-state index in [0.29, 0.717) is 6.07 Å². The number of nitrogens with zero attached hydrogens (tertiary/aromatic N) is 1. The second kappa shape index (κ2) is 6.02. The van der Waals surface area contributed by atoms with E-state index in [4.69, 9.17) is 15.0 Å². The van der Waals surface area contributed by atoms with E-state index in [1.165, 1.54) is 12.1 Å². The Morgan fingerprint density at radius 1 is 1.22 bits per heavy atom. The van der Waals surface area contributed by atoms with E-state index in [2.05, 4.69) is 0 Å². The molecule has 0 aliphatic heterocycles. The molecule has 0 amide bonds. The number of para-hydroxylation sites is 1. The van der Waals surface area contributed by atoms with E-state index in [-0.39, 0.29) is 5.75 Å². The van der Waals surface area contributed by atoms with E-state index in [0.717, 1.165) is 6.07 Å². The number of carboxylic acid groups (broad SMARTS) is 1. The molecule has 2 aromatic rings. The number of aromatic carboxylic acids is 1. The van der Waals surface area contributed by atoms with Crippen LogP contribution in [0.25, 0.3) is 0 Å². The molecule has 0 spiro atoms. The molecule has 0 aliphatic carbocycles. The van der Waals surface area contributed by atoms with Crippen molar-refractivity contribution in [2.75, 3.05) is 0 Å². The van der Waals surface area contributed by atoms with Crippen LogP contribution in [-0.2, 0) is 10.0 Å². The second-order valence-corrected chi connectivity index (χ2v) is 5.87. The predicted octanol–water partition coefficient (Wildman–Crippen LogP) is 1.73. The third-order valence-corrected chi connectivity index (χ3v) is 3.70. The average Bonchev–Trinajstić information content (AvgIpc) is 2.46. The largest absolute Gasteiger partial charge is 0.477 e. The molecular formula is C13H10N2O7S. The monoisotopic (exact) mass is 338 g/mol. The van der Waals surface area contributed by atoms with Crippen molar-refractivity contribution >= 4 is 21.7 Å². The Balaban J connectivity index is 2.70. The topological polar surface area (TPSA) is 150 Å². The first-order valence-corrected chi connectivity index (χ1v) is 7.56. The van der Waals surface area contributed by atoms with Crippen molar-refractivity contribution < 1.29 is 28.0 Å². The Morgan fingerprint density at radius 2 is 1.83 bits per heavy atom. The predicted molar refractivity (Wildman–Crippen MR) is 77.9 cm³/mol. The second-order valence-electron chi connectivity index (χ2n) is 4.34. The first-order valence-electron chi connectivity index (χ1n) is 6.01. The van der Waals surface area contributed by atoms with Gasteiger partial charge in [0.05, 0.1) is 11.0 Å². The lowest BCUT2D eigenvalue weighted by Crippen LogP contribution is -2.15. The number of nitrogens with two attached hydrogens (primary N) is 1. The molecule has 0 aliphatic rings. The van der Waals surface area contributed by atoms with Gasteiger partial charge in [-0.05, 0) is 18.2 Å². The zero-order chi connectivity index (χ0) is 17.2. The lowest BCUT2D eigenvalue weighted by Gasteiger charge is -2.11. The molecule has 10 heteroatoms. The highest BCUT2D eigenvalue weighted by Crippen LogP contribution is 2.34. The fourth-order valence-electron chi connectivity index (χ4n) is 1.79. The SMILES string of the molecule is NS(=O)(=O)c1cc(C(=O)O)c([N+](=O)[O-])cc1Oc1ccccc1. The number of carbonyl (C=O) groups is 1. The van der Waals surface area contributed by atoms with Gasteiger partial charge in [-0.15, -0.1) is 0 Å². The van der Waals surface area contributed by atoms with Crippen LogP contribution >= 0.6 is 0 Å². The van der Waals surface area contributed by atoms with Crippen LogP contribution in [0, 0.1) is 10.1 Å². The first kappa shape index (κ1) is 16.4. The first-order chi connectivity index (χ1) is 10.7. The highest BCUT2D eigenvalue weighted by Gasteiger charge is 2.28. The van der Waals surface area contributed by atoms with Gasteiger partial charge in [-0.1, -0.05) is 18.2 Å². The van der Waals surface area contributed by atoms with Crippen LogP contribution in [0.3, 0.4) is 0 Å². The van der Waals surface area contributed by atoms with E-state index in [1.54, 1.807) is 18.2 Å². The summed E-state index contributed by atoms with van der Waals surface area (Å²) >= 11 is 0. The van der Waals surface area contributed by atoms with Crippen LogP contribution < -0.4 is 9.88 Å². The van der Waals surface area contributed by atoms with Crippen LogP contribution in [-0.4, -0.2) is 24.4 Å². The molecule has 0 saturated heterocycles. The number of sulfonamides is 1. The van der Waals surface area contributed by atoms with E-state index >= 15 is 0 Å². The van der Waals surface area contributed by atoms with Gasteiger partial charge in [-0.3, -0.25) is 10.1 Å². The van der Waals surface area contributed by atoms with Crippen molar-refractivity contribution in [2.24, 2.45) is 5.14 Å². The van der Waals surface area contributed by atoms with Gasteiger partial charge in [0.15, 0.2) is 5.75 Å². The Kier molecular flexibility index (Phi) is 4.29. The molecule has 3 N–H and O–H groups in total. The van der Waals surface area contributed by atoms with Crippen molar-refractivity contribution in [1.29, 1.82) is 0 Å². The summed E-state index contributed by atoms with van der Waals surface area (Å²) in [4.78, 5) is 20.5.